The van der Waals surface area contributed by atoms with E-state index in [1.54, 1.807) is 14.2 Å². The zero-order chi connectivity index (χ0) is 13.0. The number of ether oxygens (including phenoxy) is 2. The normalized spacial score (nSPS) is 19.1. The lowest BCUT2D eigenvalue weighted by Crippen LogP contribution is -2.36. The Kier molecular flexibility index (Phi) is 4.12. The first-order chi connectivity index (χ1) is 8.69. The summed E-state index contributed by atoms with van der Waals surface area (Å²) in [4.78, 5) is 0. The van der Waals surface area contributed by atoms with Crippen molar-refractivity contribution in [1.82, 2.24) is 0 Å². The summed E-state index contributed by atoms with van der Waals surface area (Å²) in [7, 11) is 3.38. The summed E-state index contributed by atoms with van der Waals surface area (Å²) in [6.45, 7) is 0. The van der Waals surface area contributed by atoms with Crippen molar-refractivity contribution in [2.45, 2.75) is 44.1 Å². The Morgan fingerprint density at radius 1 is 1.00 bits per heavy atom. The fraction of sp³-hybridized carbons (Fsp3) is 0.600. The molecule has 0 aromatic heterocycles. The maximum Gasteiger partial charge on any atom is 0.124 e. The summed E-state index contributed by atoms with van der Waals surface area (Å²) in [5.41, 5.74) is 7.47. The van der Waals surface area contributed by atoms with E-state index in [9.17, 15) is 0 Å². The van der Waals surface area contributed by atoms with Crippen LogP contribution in [0.4, 0.5) is 0 Å². The zero-order valence-electron chi connectivity index (χ0n) is 11.4. The van der Waals surface area contributed by atoms with E-state index in [0.717, 1.165) is 29.9 Å². The molecule has 1 fully saturated rings. The highest BCUT2D eigenvalue weighted by Gasteiger charge is 2.31. The van der Waals surface area contributed by atoms with Crippen LogP contribution < -0.4 is 15.2 Å². The van der Waals surface area contributed by atoms with Crippen LogP contribution in [-0.4, -0.2) is 14.2 Å². The predicted octanol–water partition coefficient (Wildman–Crippen LogP) is 3.21. The van der Waals surface area contributed by atoms with Crippen LogP contribution in [0.3, 0.4) is 0 Å². The van der Waals surface area contributed by atoms with Crippen molar-refractivity contribution in [1.29, 1.82) is 0 Å². The molecule has 1 aromatic carbocycles. The maximum absolute atomic E-state index is 6.64. The Morgan fingerprint density at radius 2 is 1.67 bits per heavy atom. The van der Waals surface area contributed by atoms with Gasteiger partial charge in [-0.25, -0.2) is 0 Å². The molecule has 3 heteroatoms. The van der Waals surface area contributed by atoms with Gasteiger partial charge in [0.2, 0.25) is 0 Å². The van der Waals surface area contributed by atoms with Crippen molar-refractivity contribution < 1.29 is 9.47 Å². The largest absolute Gasteiger partial charge is 0.497 e. The zero-order valence-corrected chi connectivity index (χ0v) is 11.4. The molecule has 0 radical (unpaired) electrons. The second kappa shape index (κ2) is 5.61. The molecule has 1 aliphatic rings. The Balaban J connectivity index is 2.39. The fourth-order valence-electron chi connectivity index (χ4n) is 2.83. The third kappa shape index (κ3) is 2.61. The van der Waals surface area contributed by atoms with Crippen LogP contribution in [0.25, 0.3) is 0 Å². The quantitative estimate of drug-likeness (QED) is 0.837. The minimum Gasteiger partial charge on any atom is -0.497 e. The number of hydrogen-bond donors (Lipinski definition) is 1. The molecule has 3 nitrogen and oxygen atoms in total. The monoisotopic (exact) mass is 249 g/mol. The first-order valence-corrected chi connectivity index (χ1v) is 6.71. The molecule has 2 rings (SSSR count). The van der Waals surface area contributed by atoms with Crippen molar-refractivity contribution in [3.63, 3.8) is 0 Å². The molecule has 2 N–H and O–H groups in total. The van der Waals surface area contributed by atoms with E-state index in [4.69, 9.17) is 15.2 Å². The lowest BCUT2D eigenvalue weighted by Gasteiger charge is -2.30. The van der Waals surface area contributed by atoms with Crippen LogP contribution in [0, 0.1) is 0 Å². The molecule has 0 bridgehead atoms. The highest BCUT2D eigenvalue weighted by Crippen LogP contribution is 2.39. The molecule has 0 saturated heterocycles. The van der Waals surface area contributed by atoms with Gasteiger partial charge in [0, 0.05) is 11.1 Å². The summed E-state index contributed by atoms with van der Waals surface area (Å²) >= 11 is 0. The maximum atomic E-state index is 6.64. The van der Waals surface area contributed by atoms with Gasteiger partial charge in [-0.2, -0.15) is 0 Å². The Bertz CT molecular complexity index is 395. The molecular formula is C15H23NO2. The van der Waals surface area contributed by atoms with E-state index in [-0.39, 0.29) is 5.54 Å². The van der Waals surface area contributed by atoms with E-state index in [1.807, 2.05) is 18.2 Å². The third-order valence-corrected chi connectivity index (χ3v) is 3.94. The van der Waals surface area contributed by atoms with Gasteiger partial charge in [-0.15, -0.1) is 0 Å². The van der Waals surface area contributed by atoms with Gasteiger partial charge in [-0.05, 0) is 31.0 Å². The first-order valence-electron chi connectivity index (χ1n) is 6.71. The molecule has 0 spiro atoms. The van der Waals surface area contributed by atoms with Crippen LogP contribution >= 0.6 is 0 Å². The van der Waals surface area contributed by atoms with E-state index in [1.165, 1.54) is 25.7 Å². The van der Waals surface area contributed by atoms with Crippen molar-refractivity contribution in [3.05, 3.63) is 23.8 Å². The molecule has 0 amide bonds. The smallest absolute Gasteiger partial charge is 0.124 e. The third-order valence-electron chi connectivity index (χ3n) is 3.94. The van der Waals surface area contributed by atoms with E-state index >= 15 is 0 Å². The lowest BCUT2D eigenvalue weighted by atomic mass is 9.83. The Labute approximate surface area is 109 Å². The number of benzene rings is 1. The van der Waals surface area contributed by atoms with Gasteiger partial charge in [0.1, 0.15) is 11.5 Å². The number of hydrogen-bond acceptors (Lipinski definition) is 3. The lowest BCUT2D eigenvalue weighted by molar-refractivity contribution is 0.344. The SMILES string of the molecule is COc1ccc(OC)c(C2(N)CCCCCC2)c1. The summed E-state index contributed by atoms with van der Waals surface area (Å²) in [5.74, 6) is 1.72. The summed E-state index contributed by atoms with van der Waals surface area (Å²) < 4.78 is 10.8. The van der Waals surface area contributed by atoms with Gasteiger partial charge in [-0.1, -0.05) is 25.7 Å². The van der Waals surface area contributed by atoms with Crippen LogP contribution in [0.2, 0.25) is 0 Å². The highest BCUT2D eigenvalue weighted by molar-refractivity contribution is 5.44. The molecule has 1 aliphatic carbocycles. The minimum atomic E-state index is -0.267. The van der Waals surface area contributed by atoms with Crippen molar-refractivity contribution in [3.8, 4) is 11.5 Å². The summed E-state index contributed by atoms with van der Waals surface area (Å²) in [6.07, 6.45) is 7.00. The van der Waals surface area contributed by atoms with Gasteiger partial charge in [-0.3, -0.25) is 0 Å². The second-order valence-electron chi connectivity index (χ2n) is 5.14. The number of rotatable bonds is 3. The number of methoxy groups -OCH3 is 2. The Morgan fingerprint density at radius 3 is 2.22 bits per heavy atom. The minimum absolute atomic E-state index is 0.267. The highest BCUT2D eigenvalue weighted by atomic mass is 16.5. The number of nitrogens with two attached hydrogens (primary N) is 1. The molecular weight excluding hydrogens is 226 g/mol. The van der Waals surface area contributed by atoms with E-state index in [2.05, 4.69) is 0 Å². The average molecular weight is 249 g/mol. The summed E-state index contributed by atoms with van der Waals surface area (Å²) in [5, 5.41) is 0. The molecule has 18 heavy (non-hydrogen) atoms. The van der Waals surface area contributed by atoms with Crippen LogP contribution in [0.15, 0.2) is 18.2 Å². The summed E-state index contributed by atoms with van der Waals surface area (Å²) in [6, 6.07) is 5.90. The molecule has 0 heterocycles. The molecule has 1 aromatic rings. The fourth-order valence-corrected chi connectivity index (χ4v) is 2.83. The molecule has 0 unspecified atom stereocenters. The predicted molar refractivity (Wildman–Crippen MR) is 73.1 cm³/mol. The standard InChI is InChI=1S/C15H23NO2/c1-17-12-7-8-14(18-2)13(11-12)15(16)9-5-3-4-6-10-15/h7-8,11H,3-6,9-10,16H2,1-2H3. The van der Waals surface area contributed by atoms with Crippen molar-refractivity contribution in [2.24, 2.45) is 5.73 Å². The molecule has 100 valence electrons. The van der Waals surface area contributed by atoms with Gasteiger partial charge in [0.25, 0.3) is 0 Å². The van der Waals surface area contributed by atoms with Gasteiger partial charge in [0.05, 0.1) is 14.2 Å². The van der Waals surface area contributed by atoms with Gasteiger partial charge >= 0.3 is 0 Å². The van der Waals surface area contributed by atoms with Crippen molar-refractivity contribution in [2.75, 3.05) is 14.2 Å². The van der Waals surface area contributed by atoms with Gasteiger partial charge < -0.3 is 15.2 Å². The second-order valence-corrected chi connectivity index (χ2v) is 5.14. The van der Waals surface area contributed by atoms with Crippen LogP contribution in [0.1, 0.15) is 44.1 Å². The Hall–Kier alpha value is -1.22. The van der Waals surface area contributed by atoms with E-state index < -0.39 is 0 Å². The van der Waals surface area contributed by atoms with Crippen molar-refractivity contribution >= 4 is 0 Å². The first kappa shape index (κ1) is 13.2. The molecule has 0 atom stereocenters. The average Bonchev–Trinajstić information content (AvgIpc) is 2.64. The van der Waals surface area contributed by atoms with Gasteiger partial charge in [0.15, 0.2) is 0 Å². The van der Waals surface area contributed by atoms with Crippen LogP contribution in [0.5, 0.6) is 11.5 Å². The topological polar surface area (TPSA) is 44.5 Å². The molecule has 1 saturated carbocycles. The molecule has 0 aliphatic heterocycles. The van der Waals surface area contributed by atoms with E-state index in [0.29, 0.717) is 0 Å². The van der Waals surface area contributed by atoms with Crippen LogP contribution in [-0.2, 0) is 5.54 Å².